The Morgan fingerprint density at radius 2 is 1.80 bits per heavy atom. The molecule has 4 heteroatoms. The second kappa shape index (κ2) is 6.10. The number of hydrogen-bond acceptors (Lipinski definition) is 3. The Balaban J connectivity index is 1.59. The topological polar surface area (TPSA) is 46.5 Å². The maximum Gasteiger partial charge on any atom is 0.343 e. The first-order valence-electron chi connectivity index (χ1n) is 9.76. The van der Waals surface area contributed by atoms with Crippen molar-refractivity contribution in [1.82, 2.24) is 0 Å². The lowest BCUT2D eigenvalue weighted by atomic mass is 9.80. The van der Waals surface area contributed by atoms with Crippen molar-refractivity contribution in [3.05, 3.63) is 35.9 Å². The largest absolute Gasteiger partial charge is 0.453 e. The van der Waals surface area contributed by atoms with Crippen LogP contribution in [0.5, 0.6) is 0 Å². The van der Waals surface area contributed by atoms with Crippen molar-refractivity contribution in [2.24, 2.45) is 5.92 Å². The number of rotatable bonds is 4. The molecule has 4 atom stereocenters. The van der Waals surface area contributed by atoms with E-state index in [4.69, 9.17) is 4.74 Å². The fourth-order valence-electron chi connectivity index (χ4n) is 5.64. The van der Waals surface area contributed by atoms with Crippen LogP contribution < -0.4 is 0 Å². The second-order valence-corrected chi connectivity index (χ2v) is 8.72. The standard InChI is InChI=1S/C21H30NO3/c1-22(2)17-12-13-18(22)19(14-17)25-20(23)21(24,16-10-6-7-11-16)15-8-4-3-5-9-15/h3-5,8-9,16-19,24H,6-7,10-14H2,1-2H3/q+1/t17?,18?,19-,21?/m0/s1. The van der Waals surface area contributed by atoms with Gasteiger partial charge in [-0.25, -0.2) is 4.79 Å². The molecule has 0 amide bonds. The summed E-state index contributed by atoms with van der Waals surface area (Å²) in [6.07, 6.45) is 7.13. The maximum absolute atomic E-state index is 13.2. The van der Waals surface area contributed by atoms with Gasteiger partial charge in [0.2, 0.25) is 0 Å². The first kappa shape index (κ1) is 17.0. The van der Waals surface area contributed by atoms with Gasteiger partial charge in [0.15, 0.2) is 11.7 Å². The molecule has 4 rings (SSSR count). The molecule has 3 fully saturated rings. The Hall–Kier alpha value is -1.39. The lowest BCUT2D eigenvalue weighted by Crippen LogP contribution is -2.49. The summed E-state index contributed by atoms with van der Waals surface area (Å²) in [6.45, 7) is 0. The summed E-state index contributed by atoms with van der Waals surface area (Å²) in [5.41, 5.74) is -0.819. The zero-order chi connectivity index (χ0) is 17.7. The number of carbonyl (C=O) groups is 1. The third kappa shape index (κ3) is 2.61. The second-order valence-electron chi connectivity index (χ2n) is 8.72. The van der Waals surface area contributed by atoms with Crippen molar-refractivity contribution in [2.45, 2.75) is 68.7 Å². The molecule has 1 aromatic rings. The molecule has 136 valence electrons. The van der Waals surface area contributed by atoms with E-state index in [1.165, 1.54) is 6.42 Å². The van der Waals surface area contributed by atoms with Gasteiger partial charge in [-0.15, -0.1) is 0 Å². The number of hydrogen-bond donors (Lipinski definition) is 1. The van der Waals surface area contributed by atoms with Gasteiger partial charge < -0.3 is 14.3 Å². The minimum atomic E-state index is -1.50. The number of nitrogens with zero attached hydrogens (tertiary/aromatic N) is 1. The van der Waals surface area contributed by atoms with E-state index >= 15 is 0 Å². The highest BCUT2D eigenvalue weighted by Crippen LogP contribution is 2.46. The molecule has 1 N–H and O–H groups in total. The molecule has 2 saturated heterocycles. The van der Waals surface area contributed by atoms with Crippen LogP contribution in [0.2, 0.25) is 0 Å². The molecule has 0 radical (unpaired) electrons. The number of ether oxygens (including phenoxy) is 1. The lowest BCUT2D eigenvalue weighted by molar-refractivity contribution is -0.913. The van der Waals surface area contributed by atoms with Crippen LogP contribution in [0.15, 0.2) is 30.3 Å². The third-order valence-corrected chi connectivity index (χ3v) is 7.25. The van der Waals surface area contributed by atoms with Crippen LogP contribution >= 0.6 is 0 Å². The fourth-order valence-corrected chi connectivity index (χ4v) is 5.64. The Kier molecular flexibility index (Phi) is 4.16. The molecule has 0 aromatic heterocycles. The van der Waals surface area contributed by atoms with Crippen molar-refractivity contribution in [3.63, 3.8) is 0 Å². The summed E-state index contributed by atoms with van der Waals surface area (Å²) in [5, 5.41) is 11.5. The zero-order valence-electron chi connectivity index (χ0n) is 15.4. The van der Waals surface area contributed by atoms with Crippen LogP contribution in [-0.2, 0) is 15.1 Å². The molecular weight excluding hydrogens is 314 g/mol. The third-order valence-electron chi connectivity index (χ3n) is 7.25. The zero-order valence-corrected chi connectivity index (χ0v) is 15.4. The molecule has 25 heavy (non-hydrogen) atoms. The molecule has 0 spiro atoms. The van der Waals surface area contributed by atoms with Gasteiger partial charge in [-0.1, -0.05) is 43.2 Å². The van der Waals surface area contributed by atoms with E-state index in [9.17, 15) is 9.90 Å². The van der Waals surface area contributed by atoms with Crippen LogP contribution in [0.4, 0.5) is 0 Å². The van der Waals surface area contributed by atoms with Crippen molar-refractivity contribution in [1.29, 1.82) is 0 Å². The van der Waals surface area contributed by atoms with Gasteiger partial charge in [-0.3, -0.25) is 0 Å². The van der Waals surface area contributed by atoms with Gasteiger partial charge in [0.05, 0.1) is 20.1 Å². The average molecular weight is 344 g/mol. The summed E-state index contributed by atoms with van der Waals surface area (Å²) in [5.74, 6) is -0.466. The van der Waals surface area contributed by atoms with E-state index in [0.717, 1.165) is 43.0 Å². The molecule has 3 unspecified atom stereocenters. The van der Waals surface area contributed by atoms with E-state index in [1.54, 1.807) is 0 Å². The van der Waals surface area contributed by atoms with Gasteiger partial charge >= 0.3 is 5.97 Å². The first-order valence-corrected chi connectivity index (χ1v) is 9.76. The summed E-state index contributed by atoms with van der Waals surface area (Å²) < 4.78 is 6.96. The van der Waals surface area contributed by atoms with Gasteiger partial charge in [0.25, 0.3) is 0 Å². The highest BCUT2D eigenvalue weighted by Gasteiger charge is 2.58. The van der Waals surface area contributed by atoms with Crippen LogP contribution in [0.1, 0.15) is 50.5 Å². The average Bonchev–Trinajstić information content (AvgIpc) is 3.30. The van der Waals surface area contributed by atoms with Crippen molar-refractivity contribution in [3.8, 4) is 0 Å². The number of carbonyl (C=O) groups excluding carboxylic acids is 1. The highest BCUT2D eigenvalue weighted by molar-refractivity contribution is 5.82. The summed E-state index contributed by atoms with van der Waals surface area (Å²) >= 11 is 0. The lowest BCUT2D eigenvalue weighted by Gasteiger charge is -2.35. The minimum Gasteiger partial charge on any atom is -0.453 e. The van der Waals surface area contributed by atoms with Crippen molar-refractivity contribution in [2.75, 3.05) is 14.1 Å². The van der Waals surface area contributed by atoms with Crippen molar-refractivity contribution >= 4 is 5.97 Å². The van der Waals surface area contributed by atoms with E-state index in [1.807, 2.05) is 30.3 Å². The molecule has 1 aliphatic carbocycles. The smallest absolute Gasteiger partial charge is 0.343 e. The van der Waals surface area contributed by atoms with Gasteiger partial charge in [-0.2, -0.15) is 0 Å². The number of quaternary nitrogens is 1. The molecule has 3 aliphatic rings. The van der Waals surface area contributed by atoms with Crippen LogP contribution in [0.25, 0.3) is 0 Å². The monoisotopic (exact) mass is 344 g/mol. The predicted molar refractivity (Wildman–Crippen MR) is 95.7 cm³/mol. The number of fused-ring (bicyclic) bond motifs is 2. The van der Waals surface area contributed by atoms with Gasteiger partial charge in [-0.05, 0) is 18.4 Å². The molecule has 1 aromatic carbocycles. The predicted octanol–water partition coefficient (Wildman–Crippen LogP) is 2.99. The van der Waals surface area contributed by atoms with Crippen LogP contribution in [0, 0.1) is 5.92 Å². The van der Waals surface area contributed by atoms with Gasteiger partial charge in [0.1, 0.15) is 6.04 Å². The van der Waals surface area contributed by atoms with E-state index in [2.05, 4.69) is 14.1 Å². The maximum atomic E-state index is 13.2. The Morgan fingerprint density at radius 1 is 1.12 bits per heavy atom. The fraction of sp³-hybridized carbons (Fsp3) is 0.667. The van der Waals surface area contributed by atoms with E-state index in [0.29, 0.717) is 17.6 Å². The number of aliphatic hydroxyl groups is 1. The normalized spacial score (nSPS) is 33.3. The molecule has 1 saturated carbocycles. The minimum absolute atomic E-state index is 0.0384. The van der Waals surface area contributed by atoms with Crippen LogP contribution in [-0.4, -0.2) is 47.8 Å². The van der Waals surface area contributed by atoms with Crippen molar-refractivity contribution < 1.29 is 19.1 Å². The molecule has 2 aliphatic heterocycles. The summed E-state index contributed by atoms with van der Waals surface area (Å²) in [4.78, 5) is 13.2. The van der Waals surface area contributed by atoms with E-state index < -0.39 is 11.6 Å². The molecule has 2 heterocycles. The molecule has 4 nitrogen and oxygen atoms in total. The quantitative estimate of drug-likeness (QED) is 0.675. The molecular formula is C21H30NO3+. The van der Waals surface area contributed by atoms with E-state index in [-0.39, 0.29) is 12.0 Å². The number of likely N-dealkylation sites (N-methyl/N-ethyl adjacent to an activating group) is 1. The summed E-state index contributed by atoms with van der Waals surface area (Å²) in [6, 6.07) is 10.4. The number of esters is 1. The number of benzene rings is 1. The SMILES string of the molecule is C[N+]1(C)C2CCC1[C@@H](OC(=O)C(O)(c1ccccc1)C1CCCC1)C2. The first-order chi connectivity index (χ1) is 11.9. The summed E-state index contributed by atoms with van der Waals surface area (Å²) in [7, 11) is 4.49. The van der Waals surface area contributed by atoms with Crippen LogP contribution in [0.3, 0.4) is 0 Å². The highest BCUT2D eigenvalue weighted by atomic mass is 16.6. The molecule has 2 bridgehead atoms. The Bertz CT molecular complexity index is 638. The Morgan fingerprint density at radius 3 is 2.36 bits per heavy atom. The van der Waals surface area contributed by atoms with Gasteiger partial charge in [0, 0.05) is 25.2 Å². The Labute approximate surface area is 150 Å².